The lowest BCUT2D eigenvalue weighted by molar-refractivity contribution is 0.0937. The SMILES string of the molecule is CN(C)[C@H](CNC(=O)c1cc(-c2ccco2)[nH]n1)c1ccccc1Cl. The molecule has 0 bridgehead atoms. The van der Waals surface area contributed by atoms with Gasteiger partial charge >= 0.3 is 0 Å². The van der Waals surface area contributed by atoms with Crippen LogP contribution in [0.3, 0.4) is 0 Å². The summed E-state index contributed by atoms with van der Waals surface area (Å²) in [5.41, 5.74) is 1.93. The van der Waals surface area contributed by atoms with Gasteiger partial charge in [-0.15, -0.1) is 0 Å². The maximum atomic E-state index is 12.4. The smallest absolute Gasteiger partial charge is 0.271 e. The van der Waals surface area contributed by atoms with E-state index in [1.165, 1.54) is 0 Å². The Labute approximate surface area is 150 Å². The third-order valence-corrected chi connectivity index (χ3v) is 4.28. The summed E-state index contributed by atoms with van der Waals surface area (Å²) in [7, 11) is 3.90. The van der Waals surface area contributed by atoms with Crippen LogP contribution in [0, 0.1) is 0 Å². The van der Waals surface area contributed by atoms with Gasteiger partial charge < -0.3 is 14.6 Å². The average Bonchev–Trinajstić information content (AvgIpc) is 3.27. The molecular formula is C18H19ClN4O2. The molecule has 2 heterocycles. The number of furan rings is 1. The van der Waals surface area contributed by atoms with E-state index in [0.717, 1.165) is 5.56 Å². The van der Waals surface area contributed by atoms with Crippen molar-refractivity contribution in [1.29, 1.82) is 0 Å². The number of H-pyrrole nitrogens is 1. The monoisotopic (exact) mass is 358 g/mol. The molecule has 0 saturated carbocycles. The van der Waals surface area contributed by atoms with Crippen molar-refractivity contribution >= 4 is 17.5 Å². The molecule has 0 aliphatic heterocycles. The van der Waals surface area contributed by atoms with Crippen LogP contribution in [-0.2, 0) is 0 Å². The highest BCUT2D eigenvalue weighted by molar-refractivity contribution is 6.31. The molecule has 130 valence electrons. The second-order valence-electron chi connectivity index (χ2n) is 5.86. The van der Waals surface area contributed by atoms with Gasteiger partial charge in [0.15, 0.2) is 11.5 Å². The molecule has 1 aromatic carbocycles. The second-order valence-corrected chi connectivity index (χ2v) is 6.26. The van der Waals surface area contributed by atoms with Crippen molar-refractivity contribution in [1.82, 2.24) is 20.4 Å². The molecule has 2 N–H and O–H groups in total. The number of nitrogens with one attached hydrogen (secondary N) is 2. The van der Waals surface area contributed by atoms with E-state index in [0.29, 0.717) is 28.7 Å². The minimum Gasteiger partial charge on any atom is -0.463 e. The van der Waals surface area contributed by atoms with E-state index in [4.69, 9.17) is 16.0 Å². The number of likely N-dealkylation sites (N-methyl/N-ethyl adjacent to an activating group) is 1. The Morgan fingerprint density at radius 3 is 2.80 bits per heavy atom. The number of carbonyl (C=O) groups is 1. The Morgan fingerprint density at radius 2 is 2.12 bits per heavy atom. The first-order valence-corrected chi connectivity index (χ1v) is 8.22. The number of carbonyl (C=O) groups excluding carboxylic acids is 1. The van der Waals surface area contributed by atoms with Gasteiger partial charge in [-0.3, -0.25) is 9.89 Å². The third-order valence-electron chi connectivity index (χ3n) is 3.94. The number of hydrogen-bond acceptors (Lipinski definition) is 4. The molecule has 2 aromatic heterocycles. The van der Waals surface area contributed by atoms with Gasteiger partial charge in [-0.05, 0) is 37.9 Å². The van der Waals surface area contributed by atoms with Crippen molar-refractivity contribution < 1.29 is 9.21 Å². The van der Waals surface area contributed by atoms with Crippen molar-refractivity contribution in [2.24, 2.45) is 0 Å². The Balaban J connectivity index is 1.69. The van der Waals surface area contributed by atoms with Gasteiger partial charge in [-0.25, -0.2) is 0 Å². The highest BCUT2D eigenvalue weighted by atomic mass is 35.5. The van der Waals surface area contributed by atoms with Crippen LogP contribution >= 0.6 is 11.6 Å². The van der Waals surface area contributed by atoms with E-state index in [2.05, 4.69) is 15.5 Å². The summed E-state index contributed by atoms with van der Waals surface area (Å²) >= 11 is 6.29. The van der Waals surface area contributed by atoms with E-state index in [1.54, 1.807) is 24.5 Å². The van der Waals surface area contributed by atoms with E-state index >= 15 is 0 Å². The first-order valence-electron chi connectivity index (χ1n) is 7.84. The number of aromatic amines is 1. The first-order chi connectivity index (χ1) is 12.1. The fraction of sp³-hybridized carbons (Fsp3) is 0.222. The van der Waals surface area contributed by atoms with Crippen LogP contribution in [0.4, 0.5) is 0 Å². The van der Waals surface area contributed by atoms with Crippen LogP contribution in [0.2, 0.25) is 5.02 Å². The molecule has 3 rings (SSSR count). The minimum absolute atomic E-state index is 0.0406. The Morgan fingerprint density at radius 1 is 1.32 bits per heavy atom. The molecule has 0 aliphatic carbocycles. The molecule has 0 spiro atoms. The van der Waals surface area contributed by atoms with Crippen molar-refractivity contribution in [3.05, 3.63) is 65.0 Å². The lowest BCUT2D eigenvalue weighted by Gasteiger charge is -2.25. The van der Waals surface area contributed by atoms with Gasteiger partial charge in [0.1, 0.15) is 5.69 Å². The fourth-order valence-corrected chi connectivity index (χ4v) is 2.85. The van der Waals surface area contributed by atoms with E-state index < -0.39 is 0 Å². The molecule has 0 aliphatic rings. The Bertz CT molecular complexity index is 842. The lowest BCUT2D eigenvalue weighted by Crippen LogP contribution is -2.34. The topological polar surface area (TPSA) is 74.2 Å². The normalized spacial score (nSPS) is 12.3. The number of halogens is 1. The molecular weight excluding hydrogens is 340 g/mol. The predicted molar refractivity (Wildman–Crippen MR) is 96.5 cm³/mol. The van der Waals surface area contributed by atoms with E-state index in [9.17, 15) is 4.79 Å². The number of hydrogen-bond donors (Lipinski definition) is 2. The summed E-state index contributed by atoms with van der Waals surface area (Å²) < 4.78 is 5.29. The van der Waals surface area contributed by atoms with Gasteiger partial charge in [0.2, 0.25) is 0 Å². The average molecular weight is 359 g/mol. The molecule has 1 amide bonds. The first kappa shape index (κ1) is 17.3. The number of benzene rings is 1. The van der Waals surface area contributed by atoms with Crippen molar-refractivity contribution in [2.45, 2.75) is 6.04 Å². The highest BCUT2D eigenvalue weighted by Gasteiger charge is 2.19. The number of nitrogens with zero attached hydrogens (tertiary/aromatic N) is 2. The number of rotatable bonds is 6. The molecule has 7 heteroatoms. The zero-order valence-corrected chi connectivity index (χ0v) is 14.7. The van der Waals surface area contributed by atoms with Crippen LogP contribution in [0.25, 0.3) is 11.5 Å². The zero-order valence-electron chi connectivity index (χ0n) is 14.0. The van der Waals surface area contributed by atoms with Crippen LogP contribution in [0.15, 0.2) is 53.1 Å². The van der Waals surface area contributed by atoms with Gasteiger partial charge in [0.05, 0.1) is 12.3 Å². The van der Waals surface area contributed by atoms with Crippen LogP contribution < -0.4 is 5.32 Å². The maximum absolute atomic E-state index is 12.4. The molecule has 0 saturated heterocycles. The largest absolute Gasteiger partial charge is 0.463 e. The van der Waals surface area contributed by atoms with Crippen molar-refractivity contribution in [2.75, 3.05) is 20.6 Å². The second kappa shape index (κ2) is 7.55. The van der Waals surface area contributed by atoms with Crippen molar-refractivity contribution in [3.63, 3.8) is 0 Å². The van der Waals surface area contributed by atoms with E-state index in [-0.39, 0.29) is 11.9 Å². The van der Waals surface area contributed by atoms with Gasteiger partial charge in [-0.2, -0.15) is 5.10 Å². The predicted octanol–water partition coefficient (Wildman–Crippen LogP) is 3.36. The lowest BCUT2D eigenvalue weighted by atomic mass is 10.1. The molecule has 3 aromatic rings. The number of aromatic nitrogens is 2. The van der Waals surface area contributed by atoms with Gasteiger partial charge in [0.25, 0.3) is 5.91 Å². The van der Waals surface area contributed by atoms with Crippen LogP contribution in [-0.4, -0.2) is 41.6 Å². The molecule has 0 fully saturated rings. The van der Waals surface area contributed by atoms with Gasteiger partial charge in [-0.1, -0.05) is 29.8 Å². The summed E-state index contributed by atoms with van der Waals surface area (Å²) in [5, 5.41) is 10.4. The minimum atomic E-state index is -0.257. The van der Waals surface area contributed by atoms with Crippen LogP contribution in [0.5, 0.6) is 0 Å². The number of amides is 1. The highest BCUT2D eigenvalue weighted by Crippen LogP contribution is 2.25. The summed E-state index contributed by atoms with van der Waals surface area (Å²) in [6, 6.07) is 12.8. The molecule has 0 unspecified atom stereocenters. The molecule has 1 atom stereocenters. The fourth-order valence-electron chi connectivity index (χ4n) is 2.59. The summed E-state index contributed by atoms with van der Waals surface area (Å²) in [5.74, 6) is 0.377. The summed E-state index contributed by atoms with van der Waals surface area (Å²) in [4.78, 5) is 14.4. The standard InChI is InChI=1S/C18H19ClN4O2/c1-23(2)16(12-6-3-4-7-13(12)19)11-20-18(24)15-10-14(21-22-15)17-8-5-9-25-17/h3-10,16H,11H2,1-2H3,(H,20,24)(H,21,22)/t16-/m1/s1. The molecule has 25 heavy (non-hydrogen) atoms. The molecule has 6 nitrogen and oxygen atoms in total. The molecule has 0 radical (unpaired) electrons. The Hall–Kier alpha value is -2.57. The maximum Gasteiger partial charge on any atom is 0.271 e. The third kappa shape index (κ3) is 3.92. The summed E-state index contributed by atoms with van der Waals surface area (Å²) in [6.45, 7) is 0.415. The van der Waals surface area contributed by atoms with Crippen molar-refractivity contribution in [3.8, 4) is 11.5 Å². The zero-order chi connectivity index (χ0) is 17.8. The van der Waals surface area contributed by atoms with E-state index in [1.807, 2.05) is 43.3 Å². The summed E-state index contributed by atoms with van der Waals surface area (Å²) in [6.07, 6.45) is 1.57. The quantitative estimate of drug-likeness (QED) is 0.708. The van der Waals surface area contributed by atoms with Crippen LogP contribution in [0.1, 0.15) is 22.1 Å². The van der Waals surface area contributed by atoms with Gasteiger partial charge in [0, 0.05) is 17.6 Å². The Kier molecular flexibility index (Phi) is 5.21.